The summed E-state index contributed by atoms with van der Waals surface area (Å²) in [6.45, 7) is 1.66. The number of halogens is 1. The molecular formula is C13H17ClN4O2. The monoisotopic (exact) mass is 296 g/mol. The minimum Gasteiger partial charge on any atom is -0.350 e. The quantitative estimate of drug-likeness (QED) is 0.476. The summed E-state index contributed by atoms with van der Waals surface area (Å²) >= 11 is 5.81. The number of nitrogens with zero attached hydrogens (tertiary/aromatic N) is 4. The first kappa shape index (κ1) is 13.5. The molecule has 1 aromatic heterocycles. The molecule has 2 heterocycles. The van der Waals surface area contributed by atoms with Gasteiger partial charge in [0, 0.05) is 13.1 Å². The Morgan fingerprint density at radius 1 is 1.30 bits per heavy atom. The molecule has 0 amide bonds. The molecule has 0 N–H and O–H groups in total. The average Bonchev–Trinajstić information content (AvgIpc) is 2.46. The van der Waals surface area contributed by atoms with Crippen LogP contribution in [0.15, 0.2) is 6.20 Å². The number of rotatable bonds is 2. The van der Waals surface area contributed by atoms with Crippen LogP contribution in [-0.4, -0.2) is 28.0 Å². The number of fused-ring (bicyclic) bond motifs is 1. The molecule has 1 aromatic rings. The first-order valence-electron chi connectivity index (χ1n) is 7.07. The maximum atomic E-state index is 11.1. The van der Waals surface area contributed by atoms with E-state index in [2.05, 4.69) is 9.97 Å². The van der Waals surface area contributed by atoms with Crippen LogP contribution in [0.1, 0.15) is 32.1 Å². The number of hydrogen-bond acceptors (Lipinski definition) is 5. The Hall–Kier alpha value is -1.43. The highest BCUT2D eigenvalue weighted by molar-refractivity contribution is 6.28. The van der Waals surface area contributed by atoms with Crippen molar-refractivity contribution in [1.29, 1.82) is 0 Å². The van der Waals surface area contributed by atoms with Gasteiger partial charge in [0.05, 0.1) is 4.92 Å². The second kappa shape index (κ2) is 5.52. The van der Waals surface area contributed by atoms with Crippen LogP contribution in [0.4, 0.5) is 11.5 Å². The summed E-state index contributed by atoms with van der Waals surface area (Å²) < 4.78 is 0. The molecule has 0 bridgehead atoms. The van der Waals surface area contributed by atoms with E-state index in [0.29, 0.717) is 11.7 Å². The van der Waals surface area contributed by atoms with E-state index in [4.69, 9.17) is 11.6 Å². The molecule has 7 heteroatoms. The number of anilines is 1. The number of hydrogen-bond donors (Lipinski definition) is 0. The molecule has 1 aliphatic heterocycles. The summed E-state index contributed by atoms with van der Waals surface area (Å²) in [6, 6.07) is 0. The molecule has 20 heavy (non-hydrogen) atoms. The molecule has 2 fully saturated rings. The fourth-order valence-corrected chi connectivity index (χ4v) is 3.63. The molecule has 6 nitrogen and oxygen atoms in total. The molecule has 108 valence electrons. The predicted molar refractivity (Wildman–Crippen MR) is 76.0 cm³/mol. The van der Waals surface area contributed by atoms with E-state index in [1.165, 1.54) is 31.9 Å². The van der Waals surface area contributed by atoms with Crippen molar-refractivity contribution in [2.45, 2.75) is 32.1 Å². The van der Waals surface area contributed by atoms with Gasteiger partial charge in [0.1, 0.15) is 6.20 Å². The molecule has 0 radical (unpaired) electrons. The van der Waals surface area contributed by atoms with Gasteiger partial charge in [-0.25, -0.2) is 4.98 Å². The maximum Gasteiger partial charge on any atom is 0.329 e. The Morgan fingerprint density at radius 3 is 2.80 bits per heavy atom. The van der Waals surface area contributed by atoms with Crippen LogP contribution in [0.5, 0.6) is 0 Å². The van der Waals surface area contributed by atoms with Gasteiger partial charge in [-0.15, -0.1) is 0 Å². The summed E-state index contributed by atoms with van der Waals surface area (Å²) in [5.41, 5.74) is -0.0522. The molecule has 2 aliphatic rings. The van der Waals surface area contributed by atoms with Crippen LogP contribution < -0.4 is 4.90 Å². The molecule has 1 saturated carbocycles. The molecule has 1 aliphatic carbocycles. The van der Waals surface area contributed by atoms with Gasteiger partial charge in [0.2, 0.25) is 11.1 Å². The highest BCUT2D eigenvalue weighted by Gasteiger charge is 2.34. The number of piperidine rings is 1. The number of nitro groups is 1. The lowest BCUT2D eigenvalue weighted by atomic mass is 9.75. The van der Waals surface area contributed by atoms with Crippen molar-refractivity contribution in [3.8, 4) is 0 Å². The Labute approximate surface area is 122 Å². The molecule has 0 aromatic carbocycles. The Kier molecular flexibility index (Phi) is 3.74. The molecule has 1 saturated heterocycles. The van der Waals surface area contributed by atoms with Gasteiger partial charge in [-0.2, -0.15) is 4.98 Å². The van der Waals surface area contributed by atoms with Gasteiger partial charge >= 0.3 is 5.69 Å². The van der Waals surface area contributed by atoms with E-state index >= 15 is 0 Å². The zero-order valence-electron chi connectivity index (χ0n) is 11.2. The fourth-order valence-electron chi connectivity index (χ4n) is 3.50. The van der Waals surface area contributed by atoms with Gasteiger partial charge in [-0.05, 0) is 36.3 Å². The summed E-state index contributed by atoms with van der Waals surface area (Å²) in [4.78, 5) is 20.5. The highest BCUT2D eigenvalue weighted by Crippen LogP contribution is 2.38. The Balaban J connectivity index is 1.85. The standard InChI is InChI=1S/C13H17ClN4O2/c14-13-15-7-11(18(19)20)12(16-13)17-6-5-9-3-1-2-4-10(9)8-17/h7,9-10H,1-6,8H2. The van der Waals surface area contributed by atoms with Gasteiger partial charge < -0.3 is 4.90 Å². The molecule has 0 spiro atoms. The topological polar surface area (TPSA) is 72.2 Å². The summed E-state index contributed by atoms with van der Waals surface area (Å²) in [5, 5.41) is 11.2. The summed E-state index contributed by atoms with van der Waals surface area (Å²) in [6.07, 6.45) is 7.39. The summed E-state index contributed by atoms with van der Waals surface area (Å²) in [5.74, 6) is 1.78. The van der Waals surface area contributed by atoms with Crippen molar-refractivity contribution in [3.63, 3.8) is 0 Å². The molecule has 2 unspecified atom stereocenters. The molecule has 2 atom stereocenters. The Morgan fingerprint density at radius 2 is 2.05 bits per heavy atom. The van der Waals surface area contributed by atoms with Crippen LogP contribution >= 0.6 is 11.6 Å². The number of aromatic nitrogens is 2. The lowest BCUT2D eigenvalue weighted by molar-refractivity contribution is -0.384. The lowest BCUT2D eigenvalue weighted by Gasteiger charge is -2.41. The van der Waals surface area contributed by atoms with Crippen molar-refractivity contribution in [1.82, 2.24) is 9.97 Å². The normalized spacial score (nSPS) is 26.1. The average molecular weight is 297 g/mol. The van der Waals surface area contributed by atoms with Crippen LogP contribution in [0.25, 0.3) is 0 Å². The Bertz CT molecular complexity index is 525. The first-order valence-corrected chi connectivity index (χ1v) is 7.45. The van der Waals surface area contributed by atoms with Gasteiger partial charge in [0.25, 0.3) is 0 Å². The SMILES string of the molecule is O=[N+]([O-])c1cnc(Cl)nc1N1CCC2CCCCC2C1. The van der Waals surface area contributed by atoms with Crippen molar-refractivity contribution < 1.29 is 4.92 Å². The van der Waals surface area contributed by atoms with Gasteiger partial charge in [-0.3, -0.25) is 10.1 Å². The molecule has 3 rings (SSSR count). The third-order valence-corrected chi connectivity index (χ3v) is 4.69. The van der Waals surface area contributed by atoms with Crippen molar-refractivity contribution >= 4 is 23.1 Å². The van der Waals surface area contributed by atoms with Gasteiger partial charge in [0.15, 0.2) is 0 Å². The zero-order chi connectivity index (χ0) is 14.1. The zero-order valence-corrected chi connectivity index (χ0v) is 11.9. The smallest absolute Gasteiger partial charge is 0.329 e. The van der Waals surface area contributed by atoms with E-state index in [1.54, 1.807) is 0 Å². The minimum absolute atomic E-state index is 0.0522. The van der Waals surface area contributed by atoms with E-state index in [0.717, 1.165) is 25.4 Å². The van der Waals surface area contributed by atoms with E-state index < -0.39 is 4.92 Å². The van der Waals surface area contributed by atoms with E-state index in [1.807, 2.05) is 4.90 Å². The maximum absolute atomic E-state index is 11.1. The van der Waals surface area contributed by atoms with Gasteiger partial charge in [-0.1, -0.05) is 19.3 Å². The van der Waals surface area contributed by atoms with E-state index in [9.17, 15) is 10.1 Å². The fraction of sp³-hybridized carbons (Fsp3) is 0.692. The minimum atomic E-state index is -0.432. The van der Waals surface area contributed by atoms with Crippen molar-refractivity contribution in [3.05, 3.63) is 21.6 Å². The third-order valence-electron chi connectivity index (χ3n) is 4.51. The first-order chi connectivity index (χ1) is 9.65. The van der Waals surface area contributed by atoms with Crippen molar-refractivity contribution in [2.24, 2.45) is 11.8 Å². The van der Waals surface area contributed by atoms with Crippen LogP contribution in [0.3, 0.4) is 0 Å². The van der Waals surface area contributed by atoms with Crippen LogP contribution in [0.2, 0.25) is 5.28 Å². The second-order valence-electron chi connectivity index (χ2n) is 5.64. The third kappa shape index (κ3) is 2.57. The van der Waals surface area contributed by atoms with Crippen LogP contribution in [-0.2, 0) is 0 Å². The highest BCUT2D eigenvalue weighted by atomic mass is 35.5. The largest absolute Gasteiger partial charge is 0.350 e. The lowest BCUT2D eigenvalue weighted by Crippen LogP contribution is -2.42. The van der Waals surface area contributed by atoms with Crippen LogP contribution in [0, 0.1) is 22.0 Å². The van der Waals surface area contributed by atoms with E-state index in [-0.39, 0.29) is 11.0 Å². The second-order valence-corrected chi connectivity index (χ2v) is 5.98. The molecular weight excluding hydrogens is 280 g/mol. The summed E-state index contributed by atoms with van der Waals surface area (Å²) in [7, 11) is 0. The van der Waals surface area contributed by atoms with Crippen molar-refractivity contribution in [2.75, 3.05) is 18.0 Å². The predicted octanol–water partition coefficient (Wildman–Crippen LogP) is 3.05.